The molecular formula is C19H20ClN3O3. The lowest BCUT2D eigenvalue weighted by atomic mass is 10.2. The van der Waals surface area contributed by atoms with Gasteiger partial charge in [0.25, 0.3) is 0 Å². The SMILES string of the molecule is Cn1cnc(-c2cccc(OCC(O)COCc3ccc(Cl)cc3)c2)n1. The van der Waals surface area contributed by atoms with Crippen molar-refractivity contribution in [2.24, 2.45) is 7.05 Å². The summed E-state index contributed by atoms with van der Waals surface area (Å²) in [5, 5.41) is 15.0. The van der Waals surface area contributed by atoms with E-state index in [4.69, 9.17) is 21.1 Å². The van der Waals surface area contributed by atoms with E-state index in [2.05, 4.69) is 10.1 Å². The molecule has 1 heterocycles. The van der Waals surface area contributed by atoms with Crippen LogP contribution in [0, 0.1) is 0 Å². The van der Waals surface area contributed by atoms with Crippen LogP contribution in [0.5, 0.6) is 5.75 Å². The van der Waals surface area contributed by atoms with Crippen molar-refractivity contribution in [2.45, 2.75) is 12.7 Å². The van der Waals surface area contributed by atoms with Crippen LogP contribution >= 0.6 is 11.6 Å². The van der Waals surface area contributed by atoms with Crippen LogP contribution in [0.2, 0.25) is 5.02 Å². The fraction of sp³-hybridized carbons (Fsp3) is 0.263. The van der Waals surface area contributed by atoms with Gasteiger partial charge in [-0.15, -0.1) is 0 Å². The number of benzene rings is 2. The second-order valence-corrected chi connectivity index (χ2v) is 6.31. The molecule has 0 aliphatic rings. The highest BCUT2D eigenvalue weighted by molar-refractivity contribution is 6.30. The molecule has 3 aromatic rings. The highest BCUT2D eigenvalue weighted by Crippen LogP contribution is 2.20. The molecule has 2 aromatic carbocycles. The van der Waals surface area contributed by atoms with Crippen LogP contribution < -0.4 is 4.74 Å². The van der Waals surface area contributed by atoms with Crippen molar-refractivity contribution in [3.8, 4) is 17.1 Å². The summed E-state index contributed by atoms with van der Waals surface area (Å²) < 4.78 is 12.8. The number of halogens is 1. The highest BCUT2D eigenvalue weighted by Gasteiger charge is 2.08. The Morgan fingerprint density at radius 2 is 1.96 bits per heavy atom. The number of ether oxygens (including phenoxy) is 2. The first kappa shape index (κ1) is 18.4. The van der Waals surface area contributed by atoms with Gasteiger partial charge in [0.1, 0.15) is 24.8 Å². The van der Waals surface area contributed by atoms with E-state index in [1.54, 1.807) is 11.0 Å². The van der Waals surface area contributed by atoms with E-state index in [0.29, 0.717) is 23.2 Å². The molecule has 26 heavy (non-hydrogen) atoms. The van der Waals surface area contributed by atoms with Crippen LogP contribution in [0.25, 0.3) is 11.4 Å². The molecule has 3 rings (SSSR count). The van der Waals surface area contributed by atoms with E-state index >= 15 is 0 Å². The van der Waals surface area contributed by atoms with Crippen molar-refractivity contribution >= 4 is 11.6 Å². The monoisotopic (exact) mass is 373 g/mol. The zero-order chi connectivity index (χ0) is 18.4. The summed E-state index contributed by atoms with van der Waals surface area (Å²) in [5.41, 5.74) is 1.86. The summed E-state index contributed by atoms with van der Waals surface area (Å²) in [4.78, 5) is 4.22. The Morgan fingerprint density at radius 3 is 2.69 bits per heavy atom. The quantitative estimate of drug-likeness (QED) is 0.657. The Morgan fingerprint density at radius 1 is 1.15 bits per heavy atom. The molecule has 0 radical (unpaired) electrons. The average Bonchev–Trinajstić information content (AvgIpc) is 3.08. The van der Waals surface area contributed by atoms with E-state index in [9.17, 15) is 5.11 Å². The minimum atomic E-state index is -0.723. The number of aliphatic hydroxyl groups is 1. The van der Waals surface area contributed by atoms with E-state index in [0.717, 1.165) is 11.1 Å². The second kappa shape index (κ2) is 8.80. The lowest BCUT2D eigenvalue weighted by Crippen LogP contribution is -2.23. The molecule has 7 heteroatoms. The average molecular weight is 374 g/mol. The largest absolute Gasteiger partial charge is 0.491 e. The van der Waals surface area contributed by atoms with Crippen LogP contribution in [0.4, 0.5) is 0 Å². The zero-order valence-corrected chi connectivity index (χ0v) is 15.1. The Hall–Kier alpha value is -2.41. The molecule has 0 amide bonds. The van der Waals surface area contributed by atoms with Crippen molar-refractivity contribution in [3.63, 3.8) is 0 Å². The van der Waals surface area contributed by atoms with Gasteiger partial charge in [0.2, 0.25) is 0 Å². The van der Waals surface area contributed by atoms with Gasteiger partial charge in [-0.05, 0) is 29.8 Å². The standard InChI is InChI=1S/C19H20ClN3O3/c1-23-13-21-19(22-23)15-3-2-4-18(9-15)26-12-17(24)11-25-10-14-5-7-16(20)8-6-14/h2-9,13,17,24H,10-12H2,1H3. The molecule has 0 aliphatic heterocycles. The zero-order valence-electron chi connectivity index (χ0n) is 14.4. The number of hydrogen-bond acceptors (Lipinski definition) is 5. The number of hydrogen-bond donors (Lipinski definition) is 1. The molecule has 1 N–H and O–H groups in total. The first-order chi connectivity index (χ1) is 12.6. The summed E-state index contributed by atoms with van der Waals surface area (Å²) in [7, 11) is 1.82. The summed E-state index contributed by atoms with van der Waals surface area (Å²) in [6, 6.07) is 14.8. The number of rotatable bonds is 8. The molecule has 0 saturated heterocycles. The minimum absolute atomic E-state index is 0.139. The lowest BCUT2D eigenvalue weighted by molar-refractivity contribution is 0.00550. The maximum absolute atomic E-state index is 10.0. The molecule has 1 unspecified atom stereocenters. The number of aryl methyl sites for hydroxylation is 1. The topological polar surface area (TPSA) is 69.4 Å². The van der Waals surface area contributed by atoms with Gasteiger partial charge in [0, 0.05) is 17.6 Å². The number of nitrogens with zero attached hydrogens (tertiary/aromatic N) is 3. The smallest absolute Gasteiger partial charge is 0.181 e. The maximum Gasteiger partial charge on any atom is 0.181 e. The number of aromatic nitrogens is 3. The van der Waals surface area contributed by atoms with Gasteiger partial charge in [-0.2, -0.15) is 5.10 Å². The van der Waals surface area contributed by atoms with Crippen molar-refractivity contribution in [3.05, 3.63) is 65.4 Å². The van der Waals surface area contributed by atoms with Crippen molar-refractivity contribution in [1.29, 1.82) is 0 Å². The first-order valence-electron chi connectivity index (χ1n) is 8.19. The fourth-order valence-corrected chi connectivity index (χ4v) is 2.46. The molecular weight excluding hydrogens is 354 g/mol. The Kier molecular flexibility index (Phi) is 6.22. The van der Waals surface area contributed by atoms with Gasteiger partial charge < -0.3 is 14.6 Å². The van der Waals surface area contributed by atoms with E-state index in [1.165, 1.54) is 0 Å². The molecule has 136 valence electrons. The van der Waals surface area contributed by atoms with Gasteiger partial charge in [-0.3, -0.25) is 4.68 Å². The normalized spacial score (nSPS) is 12.1. The van der Waals surface area contributed by atoms with Crippen LogP contribution in [-0.2, 0) is 18.4 Å². The van der Waals surface area contributed by atoms with Gasteiger partial charge in [0.15, 0.2) is 5.82 Å². The first-order valence-corrected chi connectivity index (χ1v) is 8.57. The number of aliphatic hydroxyl groups excluding tert-OH is 1. The third kappa shape index (κ3) is 5.29. The second-order valence-electron chi connectivity index (χ2n) is 5.88. The van der Waals surface area contributed by atoms with Crippen LogP contribution in [0.15, 0.2) is 54.9 Å². The molecule has 1 atom stereocenters. The van der Waals surface area contributed by atoms with Gasteiger partial charge in [0.05, 0.1) is 13.2 Å². The molecule has 0 aliphatic carbocycles. The molecule has 6 nitrogen and oxygen atoms in total. The van der Waals surface area contributed by atoms with Crippen LogP contribution in [-0.4, -0.2) is 39.2 Å². The highest BCUT2D eigenvalue weighted by atomic mass is 35.5. The van der Waals surface area contributed by atoms with Crippen molar-refractivity contribution in [1.82, 2.24) is 14.8 Å². The Balaban J connectivity index is 1.45. The molecule has 0 fully saturated rings. The maximum atomic E-state index is 10.0. The van der Waals surface area contributed by atoms with E-state index < -0.39 is 6.10 Å². The minimum Gasteiger partial charge on any atom is -0.491 e. The summed E-state index contributed by atoms with van der Waals surface area (Å²) in [6.07, 6.45) is 0.920. The molecule has 0 saturated carbocycles. The summed E-state index contributed by atoms with van der Waals surface area (Å²) in [5.74, 6) is 1.27. The Labute approximate surface area is 157 Å². The fourth-order valence-electron chi connectivity index (χ4n) is 2.33. The van der Waals surface area contributed by atoms with Crippen molar-refractivity contribution in [2.75, 3.05) is 13.2 Å². The molecule has 0 bridgehead atoms. The third-order valence-corrected chi connectivity index (χ3v) is 3.88. The summed E-state index contributed by atoms with van der Waals surface area (Å²) >= 11 is 5.84. The van der Waals surface area contributed by atoms with E-state index in [1.807, 2.05) is 55.6 Å². The van der Waals surface area contributed by atoms with Gasteiger partial charge in [-0.25, -0.2) is 4.98 Å². The molecule has 0 spiro atoms. The Bertz CT molecular complexity index is 836. The van der Waals surface area contributed by atoms with Gasteiger partial charge >= 0.3 is 0 Å². The van der Waals surface area contributed by atoms with Gasteiger partial charge in [-0.1, -0.05) is 35.9 Å². The predicted octanol–water partition coefficient (Wildman–Crippen LogP) is 3.09. The van der Waals surface area contributed by atoms with Crippen LogP contribution in [0.1, 0.15) is 5.56 Å². The van der Waals surface area contributed by atoms with Crippen molar-refractivity contribution < 1.29 is 14.6 Å². The summed E-state index contributed by atoms with van der Waals surface area (Å²) in [6.45, 7) is 0.735. The third-order valence-electron chi connectivity index (χ3n) is 3.63. The molecule has 1 aromatic heterocycles. The van der Waals surface area contributed by atoms with E-state index in [-0.39, 0.29) is 13.2 Å². The predicted molar refractivity (Wildman–Crippen MR) is 99.0 cm³/mol. The van der Waals surface area contributed by atoms with Crippen LogP contribution in [0.3, 0.4) is 0 Å². The lowest BCUT2D eigenvalue weighted by Gasteiger charge is -2.13.